The molecule has 0 radical (unpaired) electrons. The Morgan fingerprint density at radius 1 is 0.403 bits per heavy atom. The number of rotatable bonds is 16. The van der Waals surface area contributed by atoms with Crippen LogP contribution in [0.5, 0.6) is 23.0 Å². The van der Waals surface area contributed by atoms with Gasteiger partial charge in [-0.25, -0.2) is 0 Å². The first-order valence-electron chi connectivity index (χ1n) is 19.4. The summed E-state index contributed by atoms with van der Waals surface area (Å²) in [4.78, 5) is 58.5. The topological polar surface area (TPSA) is 134 Å². The second-order valence-corrected chi connectivity index (χ2v) is 16.4. The molecule has 316 valence electrons. The fourth-order valence-corrected chi connectivity index (χ4v) is 8.20. The van der Waals surface area contributed by atoms with E-state index in [0.29, 0.717) is 55.3 Å². The average Bonchev–Trinajstić information content (AvgIpc) is 3.24. The maximum atomic E-state index is 14.7. The zero-order chi connectivity index (χ0) is 43.9. The number of carbonyl (C=O) groups is 4. The molecule has 0 aliphatic heterocycles. The maximum Gasteiger partial charge on any atom is 0.308 e. The van der Waals surface area contributed by atoms with Crippen LogP contribution in [0.25, 0.3) is 0 Å². The van der Waals surface area contributed by atoms with Crippen molar-refractivity contribution >= 4 is 70.2 Å². The number of ether oxygens (including phenoxy) is 2. The zero-order valence-corrected chi connectivity index (χ0v) is 35.8. The lowest BCUT2D eigenvalue weighted by Crippen LogP contribution is -2.64. The minimum Gasteiger partial charge on any atom is -0.481 e. The third-order valence-corrected chi connectivity index (χ3v) is 12.1. The van der Waals surface area contributed by atoms with Gasteiger partial charge in [0, 0.05) is 26.2 Å². The summed E-state index contributed by atoms with van der Waals surface area (Å²) in [6, 6.07) is 42.0. The van der Waals surface area contributed by atoms with E-state index in [1.807, 2.05) is 60.7 Å². The molecule has 6 aromatic carbocycles. The van der Waals surface area contributed by atoms with Crippen LogP contribution in [0, 0.1) is 23.7 Å². The molecule has 1 saturated carbocycles. The van der Waals surface area contributed by atoms with E-state index >= 15 is 0 Å². The molecule has 0 heterocycles. The number of benzene rings is 6. The molecule has 2 amide bonds. The van der Waals surface area contributed by atoms with Crippen molar-refractivity contribution < 1.29 is 38.9 Å². The van der Waals surface area contributed by atoms with Crippen LogP contribution >= 0.6 is 46.4 Å². The van der Waals surface area contributed by atoms with Gasteiger partial charge in [-0.1, -0.05) is 119 Å². The predicted octanol–water partition coefficient (Wildman–Crippen LogP) is 11.3. The number of hydrogen-bond acceptors (Lipinski definition) is 6. The number of carbonyl (C=O) groups excluding carboxylic acids is 2. The van der Waals surface area contributed by atoms with Crippen molar-refractivity contribution in [3.63, 3.8) is 0 Å². The van der Waals surface area contributed by atoms with Gasteiger partial charge in [0.2, 0.25) is 11.8 Å². The molecule has 1 aliphatic carbocycles. The number of aliphatic carboxylic acids is 2. The third-order valence-electron chi connectivity index (χ3n) is 10.6. The highest BCUT2D eigenvalue weighted by Crippen LogP contribution is 2.49. The second-order valence-electron chi connectivity index (χ2n) is 14.8. The van der Waals surface area contributed by atoms with Crippen molar-refractivity contribution in [3.05, 3.63) is 188 Å². The summed E-state index contributed by atoms with van der Waals surface area (Å²) in [5, 5.41) is 22.5. The molecular weight excluding hydrogens is 874 g/mol. The fraction of sp³-hybridized carbons (Fsp3) is 0.167. The molecule has 1 fully saturated rings. The van der Waals surface area contributed by atoms with Crippen LogP contribution in [0.2, 0.25) is 20.1 Å². The quantitative estimate of drug-likeness (QED) is 0.0980. The summed E-state index contributed by atoms with van der Waals surface area (Å²) in [7, 11) is 0. The van der Waals surface area contributed by atoms with Crippen LogP contribution in [-0.4, -0.2) is 43.8 Å². The van der Waals surface area contributed by atoms with E-state index in [2.05, 4.69) is 0 Å². The number of carboxylic acid groups (broad SMARTS) is 2. The lowest BCUT2D eigenvalue weighted by atomic mass is 9.55. The first-order valence-corrected chi connectivity index (χ1v) is 20.9. The number of halogens is 4. The first-order chi connectivity index (χ1) is 29.8. The van der Waals surface area contributed by atoms with Crippen molar-refractivity contribution in [1.29, 1.82) is 0 Å². The highest BCUT2D eigenvalue weighted by Gasteiger charge is 2.65. The molecule has 14 heteroatoms. The van der Waals surface area contributed by atoms with Gasteiger partial charge in [0.15, 0.2) is 0 Å². The fourth-order valence-electron chi connectivity index (χ4n) is 7.55. The Morgan fingerprint density at radius 2 is 0.710 bits per heavy atom. The van der Waals surface area contributed by atoms with E-state index in [4.69, 9.17) is 55.9 Å². The maximum absolute atomic E-state index is 14.7. The molecular formula is C48H38Cl4N2O8. The normalized spacial score (nSPS) is 16.7. The molecule has 10 nitrogen and oxygen atoms in total. The van der Waals surface area contributed by atoms with Crippen LogP contribution in [0.3, 0.4) is 0 Å². The van der Waals surface area contributed by atoms with Gasteiger partial charge in [0.1, 0.15) is 23.0 Å². The van der Waals surface area contributed by atoms with Crippen molar-refractivity contribution in [3.8, 4) is 23.0 Å². The first kappa shape index (κ1) is 44.0. The summed E-state index contributed by atoms with van der Waals surface area (Å²) in [5.74, 6) is -8.65. The van der Waals surface area contributed by atoms with Crippen molar-refractivity contribution in [2.75, 3.05) is 0 Å². The average molecular weight is 913 g/mol. The smallest absolute Gasteiger partial charge is 0.308 e. The SMILES string of the molecule is O=C(O)[C@H]1[C@H](C(=O)N(Cc2ccc(Oc3ccccc3)cc2)Cc2ccc(Cl)c(Cl)c2)[C@H](C(=O)O)[C@H]1C(=O)N(Cc1ccc(Oc2ccccc2)cc1)Cc1ccc(Cl)c(Cl)c1. The number of amides is 2. The predicted molar refractivity (Wildman–Crippen MR) is 237 cm³/mol. The molecule has 0 unspecified atom stereocenters. The monoisotopic (exact) mass is 910 g/mol. The number of carboxylic acids is 2. The largest absolute Gasteiger partial charge is 0.481 e. The summed E-state index contributed by atoms with van der Waals surface area (Å²) in [6.07, 6.45) is 0. The highest BCUT2D eigenvalue weighted by molar-refractivity contribution is 6.42. The summed E-state index contributed by atoms with van der Waals surface area (Å²) in [5.41, 5.74) is 2.43. The Balaban J connectivity index is 1.18. The van der Waals surface area contributed by atoms with Gasteiger partial charge >= 0.3 is 11.9 Å². The Kier molecular flexibility index (Phi) is 14.0. The molecule has 62 heavy (non-hydrogen) atoms. The Bertz CT molecular complexity index is 2380. The van der Waals surface area contributed by atoms with E-state index in [1.165, 1.54) is 9.80 Å². The van der Waals surface area contributed by atoms with Gasteiger partial charge in [0.05, 0.1) is 43.8 Å². The standard InChI is InChI=1S/C48H38Cl4N2O8/c49-37-21-15-31(23-39(37)51)27-53(25-29-11-17-35(18-12-29)61-33-7-3-1-4-8-33)45(55)41-43(47(57)58)42(44(41)48(59)60)46(56)54(28-32-16-22-38(50)40(52)24-32)26-30-13-19-36(20-14-30)62-34-9-5-2-6-10-34/h1-24,41-44H,25-28H2,(H,57,58)(H,59,60)/t41-,42-,43-,44-. The second kappa shape index (κ2) is 19.8. The third kappa shape index (κ3) is 10.5. The molecule has 2 N–H and O–H groups in total. The zero-order valence-electron chi connectivity index (χ0n) is 32.7. The highest BCUT2D eigenvalue weighted by atomic mass is 35.5. The van der Waals surface area contributed by atoms with E-state index < -0.39 is 47.4 Å². The van der Waals surface area contributed by atoms with Gasteiger partial charge in [-0.05, 0) is 95.1 Å². The van der Waals surface area contributed by atoms with Crippen LogP contribution < -0.4 is 9.47 Å². The van der Waals surface area contributed by atoms with Crippen molar-refractivity contribution in [2.24, 2.45) is 23.7 Å². The number of nitrogens with zero attached hydrogens (tertiary/aromatic N) is 2. The van der Waals surface area contributed by atoms with Gasteiger partial charge in [-0.2, -0.15) is 0 Å². The molecule has 0 aromatic heterocycles. The van der Waals surface area contributed by atoms with E-state index in [1.54, 1.807) is 84.9 Å². The minimum atomic E-state index is -1.67. The lowest BCUT2D eigenvalue weighted by molar-refractivity contribution is -0.188. The van der Waals surface area contributed by atoms with E-state index in [-0.39, 0.29) is 36.2 Å². The van der Waals surface area contributed by atoms with Gasteiger partial charge in [-0.3, -0.25) is 19.2 Å². The van der Waals surface area contributed by atoms with Gasteiger partial charge in [-0.15, -0.1) is 0 Å². The van der Waals surface area contributed by atoms with Gasteiger partial charge < -0.3 is 29.5 Å². The Labute approximate surface area is 377 Å². The molecule has 0 spiro atoms. The minimum absolute atomic E-state index is 0.0358. The molecule has 1 aliphatic rings. The molecule has 0 atom stereocenters. The van der Waals surface area contributed by atoms with Crippen LogP contribution in [0.1, 0.15) is 22.3 Å². The van der Waals surface area contributed by atoms with Crippen molar-refractivity contribution in [1.82, 2.24) is 9.80 Å². The lowest BCUT2D eigenvalue weighted by Gasteiger charge is -2.48. The Morgan fingerprint density at radius 3 is 1.03 bits per heavy atom. The molecule has 0 saturated heterocycles. The van der Waals surface area contributed by atoms with Crippen molar-refractivity contribution in [2.45, 2.75) is 26.2 Å². The molecule has 0 bridgehead atoms. The van der Waals surface area contributed by atoms with Crippen LogP contribution in [-0.2, 0) is 45.4 Å². The van der Waals surface area contributed by atoms with Gasteiger partial charge in [0.25, 0.3) is 0 Å². The summed E-state index contributed by atoms with van der Waals surface area (Å²) >= 11 is 25.1. The molecule has 7 rings (SSSR count). The summed E-state index contributed by atoms with van der Waals surface area (Å²) in [6.45, 7) is -0.212. The number of hydrogen-bond donors (Lipinski definition) is 2. The number of para-hydroxylation sites is 2. The van der Waals surface area contributed by atoms with E-state index in [0.717, 1.165) is 0 Å². The van der Waals surface area contributed by atoms with Crippen LogP contribution in [0.15, 0.2) is 146 Å². The summed E-state index contributed by atoms with van der Waals surface area (Å²) < 4.78 is 11.9. The van der Waals surface area contributed by atoms with E-state index in [9.17, 15) is 29.4 Å². The Hall–Kier alpha value is -6.04. The molecule has 6 aromatic rings. The van der Waals surface area contributed by atoms with Crippen LogP contribution in [0.4, 0.5) is 0 Å².